The van der Waals surface area contributed by atoms with E-state index in [4.69, 9.17) is 0 Å². The molecule has 3 nitrogen and oxygen atoms in total. The lowest BCUT2D eigenvalue weighted by atomic mass is 9.64. The van der Waals surface area contributed by atoms with E-state index in [0.717, 1.165) is 31.9 Å². The fourth-order valence-corrected chi connectivity index (χ4v) is 3.24. The number of halogens is 4. The monoisotopic (exact) mass is 376 g/mol. The lowest BCUT2D eigenvalue weighted by molar-refractivity contribution is -0.137. The van der Waals surface area contributed by atoms with Crippen molar-refractivity contribution < 1.29 is 18.0 Å². The van der Waals surface area contributed by atoms with Crippen LogP contribution in [-0.2, 0) is 16.4 Å². The van der Waals surface area contributed by atoms with Crippen molar-refractivity contribution in [1.29, 1.82) is 0 Å². The van der Waals surface area contributed by atoms with Crippen LogP contribution < -0.4 is 10.6 Å². The lowest BCUT2D eigenvalue weighted by Crippen LogP contribution is -2.47. The third-order valence-electron chi connectivity index (χ3n) is 5.15. The van der Waals surface area contributed by atoms with Gasteiger partial charge in [0.1, 0.15) is 0 Å². The van der Waals surface area contributed by atoms with Crippen LogP contribution in [0.4, 0.5) is 13.2 Å². The van der Waals surface area contributed by atoms with Gasteiger partial charge in [0.25, 0.3) is 0 Å². The molecule has 3 rings (SSSR count). The molecule has 0 aromatic heterocycles. The summed E-state index contributed by atoms with van der Waals surface area (Å²) in [6.07, 6.45) is 0.720. The van der Waals surface area contributed by atoms with E-state index in [0.29, 0.717) is 18.0 Å². The number of carbonyl (C=O) groups excluding carboxylic acids is 1. The number of nitrogens with one attached hydrogen (secondary N) is 2. The van der Waals surface area contributed by atoms with Crippen LogP contribution in [0.2, 0.25) is 0 Å². The molecule has 0 saturated heterocycles. The van der Waals surface area contributed by atoms with Gasteiger partial charge in [-0.05, 0) is 49.8 Å². The summed E-state index contributed by atoms with van der Waals surface area (Å²) in [7, 11) is 0. The highest BCUT2D eigenvalue weighted by Crippen LogP contribution is 2.44. The quantitative estimate of drug-likeness (QED) is 0.762. The van der Waals surface area contributed by atoms with Crippen molar-refractivity contribution in [3.8, 4) is 0 Å². The summed E-state index contributed by atoms with van der Waals surface area (Å²) in [5, 5.41) is 6.02. The van der Waals surface area contributed by atoms with E-state index < -0.39 is 11.7 Å². The van der Waals surface area contributed by atoms with Crippen molar-refractivity contribution >= 4 is 18.3 Å². The summed E-state index contributed by atoms with van der Waals surface area (Å²) in [6, 6.07) is 5.52. The standard InChI is InChI=1S/C18H23F3N2O.ClH/c19-18(20,21)15-4-1-3-14(9-15)17(7-2-8-17)12-23-16(24)11-22-10-13-5-6-13;/h1,3-4,9,13,22H,2,5-8,10-12H2,(H,23,24);1H. The summed E-state index contributed by atoms with van der Waals surface area (Å²) in [4.78, 5) is 11.9. The molecular weight excluding hydrogens is 353 g/mol. The number of hydrogen-bond donors (Lipinski definition) is 2. The summed E-state index contributed by atoms with van der Waals surface area (Å²) in [6.45, 7) is 1.54. The maximum absolute atomic E-state index is 12.9. The average Bonchev–Trinajstić information content (AvgIpc) is 3.30. The predicted molar refractivity (Wildman–Crippen MR) is 92.8 cm³/mol. The molecule has 0 aliphatic heterocycles. The van der Waals surface area contributed by atoms with Gasteiger partial charge in [0.15, 0.2) is 0 Å². The Labute approximate surface area is 152 Å². The Hall–Kier alpha value is -1.27. The van der Waals surface area contributed by atoms with Gasteiger partial charge in [-0.1, -0.05) is 24.6 Å². The van der Waals surface area contributed by atoms with Crippen molar-refractivity contribution in [2.24, 2.45) is 5.92 Å². The molecule has 2 N–H and O–H groups in total. The van der Waals surface area contributed by atoms with Gasteiger partial charge in [-0.15, -0.1) is 12.4 Å². The highest BCUT2D eigenvalue weighted by molar-refractivity contribution is 5.85. The molecule has 0 spiro atoms. The van der Waals surface area contributed by atoms with E-state index in [1.807, 2.05) is 0 Å². The van der Waals surface area contributed by atoms with Crippen LogP contribution in [-0.4, -0.2) is 25.5 Å². The first-order chi connectivity index (χ1) is 11.4. The maximum atomic E-state index is 12.9. The van der Waals surface area contributed by atoms with Crippen molar-refractivity contribution in [2.45, 2.75) is 43.7 Å². The molecule has 2 aliphatic carbocycles. The topological polar surface area (TPSA) is 41.1 Å². The van der Waals surface area contributed by atoms with E-state index in [1.165, 1.54) is 25.0 Å². The second kappa shape index (κ2) is 7.96. The predicted octanol–water partition coefficient (Wildman–Crippen LogP) is 3.66. The Morgan fingerprint density at radius 2 is 1.96 bits per heavy atom. The van der Waals surface area contributed by atoms with Gasteiger partial charge < -0.3 is 10.6 Å². The first kappa shape index (κ1) is 20.0. The molecule has 0 unspecified atom stereocenters. The molecule has 0 atom stereocenters. The fraction of sp³-hybridized carbons (Fsp3) is 0.611. The number of carbonyl (C=O) groups is 1. The zero-order valence-electron chi connectivity index (χ0n) is 14.0. The van der Waals surface area contributed by atoms with Crippen molar-refractivity contribution in [1.82, 2.24) is 10.6 Å². The number of benzene rings is 1. The van der Waals surface area contributed by atoms with Crippen LogP contribution >= 0.6 is 12.4 Å². The molecule has 1 aromatic carbocycles. The van der Waals surface area contributed by atoms with Crippen LogP contribution in [0.25, 0.3) is 0 Å². The molecule has 7 heteroatoms. The van der Waals surface area contributed by atoms with Crippen molar-refractivity contribution in [3.05, 3.63) is 35.4 Å². The Bertz CT molecular complexity index is 598. The largest absolute Gasteiger partial charge is 0.416 e. The normalized spacial score (nSPS) is 18.8. The molecule has 1 aromatic rings. The van der Waals surface area contributed by atoms with Gasteiger partial charge in [0.05, 0.1) is 12.1 Å². The lowest BCUT2D eigenvalue weighted by Gasteiger charge is -2.43. The van der Waals surface area contributed by atoms with Gasteiger partial charge in [-0.25, -0.2) is 0 Å². The number of rotatable bonds is 7. The Morgan fingerprint density at radius 1 is 1.24 bits per heavy atom. The summed E-state index contributed by atoms with van der Waals surface area (Å²) in [5.41, 5.74) is -0.300. The van der Waals surface area contributed by atoms with E-state index in [9.17, 15) is 18.0 Å². The van der Waals surface area contributed by atoms with Crippen LogP contribution in [0.5, 0.6) is 0 Å². The Kier molecular flexibility index (Phi) is 6.38. The van der Waals surface area contributed by atoms with E-state index in [2.05, 4.69) is 10.6 Å². The van der Waals surface area contributed by atoms with Gasteiger partial charge in [-0.2, -0.15) is 13.2 Å². The van der Waals surface area contributed by atoms with Crippen molar-refractivity contribution in [3.63, 3.8) is 0 Å². The number of hydrogen-bond acceptors (Lipinski definition) is 2. The molecule has 0 radical (unpaired) electrons. The first-order valence-electron chi connectivity index (χ1n) is 8.54. The van der Waals surface area contributed by atoms with Gasteiger partial charge in [0, 0.05) is 12.0 Å². The van der Waals surface area contributed by atoms with Crippen LogP contribution in [0.1, 0.15) is 43.2 Å². The third-order valence-corrected chi connectivity index (χ3v) is 5.15. The number of amides is 1. The molecule has 140 valence electrons. The Balaban J connectivity index is 0.00000225. The average molecular weight is 377 g/mol. The first-order valence-corrected chi connectivity index (χ1v) is 8.54. The molecule has 1 amide bonds. The van der Waals surface area contributed by atoms with E-state index in [-0.39, 0.29) is 30.3 Å². The zero-order valence-corrected chi connectivity index (χ0v) is 14.8. The van der Waals surface area contributed by atoms with E-state index in [1.54, 1.807) is 6.07 Å². The second-order valence-corrected chi connectivity index (χ2v) is 7.06. The molecule has 2 saturated carbocycles. The minimum absolute atomic E-state index is 0. The van der Waals surface area contributed by atoms with Crippen molar-refractivity contribution in [2.75, 3.05) is 19.6 Å². The highest BCUT2D eigenvalue weighted by atomic mass is 35.5. The summed E-state index contributed by atoms with van der Waals surface area (Å²) >= 11 is 0. The molecule has 0 heterocycles. The van der Waals surface area contributed by atoms with Gasteiger partial charge >= 0.3 is 6.18 Å². The highest BCUT2D eigenvalue weighted by Gasteiger charge is 2.40. The van der Waals surface area contributed by atoms with Crippen LogP contribution in [0, 0.1) is 5.92 Å². The zero-order chi connectivity index (χ0) is 17.2. The summed E-state index contributed by atoms with van der Waals surface area (Å²) in [5.74, 6) is 0.620. The minimum Gasteiger partial charge on any atom is -0.354 e. The number of alkyl halides is 3. The third kappa shape index (κ3) is 5.11. The molecule has 2 aliphatic rings. The fourth-order valence-electron chi connectivity index (χ4n) is 3.24. The smallest absolute Gasteiger partial charge is 0.354 e. The maximum Gasteiger partial charge on any atom is 0.416 e. The molecule has 0 bridgehead atoms. The molecule has 25 heavy (non-hydrogen) atoms. The van der Waals surface area contributed by atoms with Gasteiger partial charge in [0.2, 0.25) is 5.91 Å². The SMILES string of the molecule is Cl.O=C(CNCC1CC1)NCC1(c2cccc(C(F)(F)F)c2)CCC1. The Morgan fingerprint density at radius 3 is 2.52 bits per heavy atom. The van der Waals surface area contributed by atoms with Gasteiger partial charge in [-0.3, -0.25) is 4.79 Å². The van der Waals surface area contributed by atoms with E-state index >= 15 is 0 Å². The second-order valence-electron chi connectivity index (χ2n) is 7.06. The van der Waals surface area contributed by atoms with Crippen LogP contribution in [0.15, 0.2) is 24.3 Å². The van der Waals surface area contributed by atoms with Crippen LogP contribution in [0.3, 0.4) is 0 Å². The molecular formula is C18H24ClF3N2O. The minimum atomic E-state index is -4.34. The molecule has 2 fully saturated rings. The summed E-state index contributed by atoms with van der Waals surface area (Å²) < 4.78 is 38.8.